The molecule has 2 rings (SSSR count). The number of para-hydroxylation sites is 1. The quantitative estimate of drug-likeness (QED) is 0.928. The summed E-state index contributed by atoms with van der Waals surface area (Å²) in [5.74, 6) is -0.993. The Bertz CT molecular complexity index is 634. The molecule has 0 saturated carbocycles. The summed E-state index contributed by atoms with van der Waals surface area (Å²) in [6.45, 7) is 0. The van der Waals surface area contributed by atoms with Gasteiger partial charge in [0.1, 0.15) is 5.92 Å². The highest BCUT2D eigenvalue weighted by molar-refractivity contribution is 9.10. The molecule has 100 valence electrons. The van der Waals surface area contributed by atoms with Crippen molar-refractivity contribution in [3.8, 4) is 6.07 Å². The van der Waals surface area contributed by atoms with Crippen LogP contribution >= 0.6 is 15.9 Å². The molecule has 0 aliphatic carbocycles. The molecule has 0 heterocycles. The fraction of sp³-hybridized carbons (Fsp3) is 0.125. The maximum Gasteiger partial charge on any atom is 0.242 e. The minimum atomic E-state index is -0.704. The molecule has 0 aromatic heterocycles. The number of halogens is 1. The van der Waals surface area contributed by atoms with Gasteiger partial charge >= 0.3 is 0 Å². The van der Waals surface area contributed by atoms with Gasteiger partial charge in [-0.25, -0.2) is 0 Å². The van der Waals surface area contributed by atoms with Crippen molar-refractivity contribution in [2.24, 2.45) is 5.92 Å². The van der Waals surface area contributed by atoms with Crippen LogP contribution < -0.4 is 5.32 Å². The Balaban J connectivity index is 2.07. The van der Waals surface area contributed by atoms with Gasteiger partial charge in [-0.15, -0.1) is 0 Å². The van der Waals surface area contributed by atoms with Gasteiger partial charge in [0.25, 0.3) is 0 Å². The van der Waals surface area contributed by atoms with E-state index in [9.17, 15) is 10.1 Å². The van der Waals surface area contributed by atoms with E-state index < -0.39 is 5.92 Å². The van der Waals surface area contributed by atoms with Crippen molar-refractivity contribution in [3.63, 3.8) is 0 Å². The molecule has 0 aliphatic heterocycles. The highest BCUT2D eigenvalue weighted by Gasteiger charge is 2.19. The van der Waals surface area contributed by atoms with Gasteiger partial charge in [-0.1, -0.05) is 42.5 Å². The van der Waals surface area contributed by atoms with Gasteiger partial charge in [0.05, 0.1) is 11.8 Å². The number of amides is 1. The van der Waals surface area contributed by atoms with Gasteiger partial charge in [-0.2, -0.15) is 5.26 Å². The number of hydrogen-bond acceptors (Lipinski definition) is 2. The van der Waals surface area contributed by atoms with Crippen LogP contribution in [0.1, 0.15) is 5.56 Å². The summed E-state index contributed by atoms with van der Waals surface area (Å²) in [4.78, 5) is 12.1. The number of nitriles is 1. The number of anilines is 1. The predicted octanol–water partition coefficient (Wildman–Crippen LogP) is 3.77. The fourth-order valence-corrected chi connectivity index (χ4v) is 2.21. The lowest BCUT2D eigenvalue weighted by Gasteiger charge is -2.11. The average molecular weight is 329 g/mol. The molecule has 2 aromatic rings. The second-order valence-corrected chi connectivity index (χ2v) is 5.19. The Hall–Kier alpha value is -2.12. The zero-order valence-electron chi connectivity index (χ0n) is 10.7. The molecule has 1 atom stereocenters. The normalized spacial score (nSPS) is 11.4. The number of hydrogen-bond donors (Lipinski definition) is 1. The van der Waals surface area contributed by atoms with Crippen LogP contribution in [-0.2, 0) is 11.2 Å². The molecular weight excluding hydrogens is 316 g/mol. The van der Waals surface area contributed by atoms with E-state index in [4.69, 9.17) is 0 Å². The molecule has 0 bridgehead atoms. The monoisotopic (exact) mass is 328 g/mol. The molecule has 4 heteroatoms. The van der Waals surface area contributed by atoms with Gasteiger partial charge < -0.3 is 5.32 Å². The van der Waals surface area contributed by atoms with Gasteiger partial charge in [0.15, 0.2) is 0 Å². The van der Waals surface area contributed by atoms with Crippen LogP contribution in [-0.4, -0.2) is 5.91 Å². The van der Waals surface area contributed by atoms with Crippen molar-refractivity contribution < 1.29 is 4.79 Å². The lowest BCUT2D eigenvalue weighted by molar-refractivity contribution is -0.118. The van der Waals surface area contributed by atoms with Crippen LogP contribution in [0.4, 0.5) is 5.69 Å². The highest BCUT2D eigenvalue weighted by Crippen LogP contribution is 2.22. The summed E-state index contributed by atoms with van der Waals surface area (Å²) in [5.41, 5.74) is 1.65. The third kappa shape index (κ3) is 3.69. The van der Waals surface area contributed by atoms with Crippen LogP contribution in [0.3, 0.4) is 0 Å². The number of nitrogens with one attached hydrogen (secondary N) is 1. The first-order valence-corrected chi connectivity index (χ1v) is 6.99. The Kier molecular flexibility index (Phi) is 4.91. The third-order valence-corrected chi connectivity index (χ3v) is 3.58. The van der Waals surface area contributed by atoms with Gasteiger partial charge in [0.2, 0.25) is 5.91 Å². The molecule has 3 nitrogen and oxygen atoms in total. The molecule has 0 radical (unpaired) electrons. The van der Waals surface area contributed by atoms with Crippen LogP contribution in [0.2, 0.25) is 0 Å². The molecule has 0 fully saturated rings. The van der Waals surface area contributed by atoms with E-state index in [-0.39, 0.29) is 5.91 Å². The molecule has 1 unspecified atom stereocenters. The first kappa shape index (κ1) is 14.3. The van der Waals surface area contributed by atoms with E-state index in [1.54, 1.807) is 6.07 Å². The second kappa shape index (κ2) is 6.88. The topological polar surface area (TPSA) is 52.9 Å². The maximum atomic E-state index is 12.1. The van der Waals surface area contributed by atoms with Gasteiger partial charge in [-0.3, -0.25) is 4.79 Å². The van der Waals surface area contributed by atoms with E-state index >= 15 is 0 Å². The number of rotatable bonds is 4. The Morgan fingerprint density at radius 2 is 1.80 bits per heavy atom. The third-order valence-electron chi connectivity index (χ3n) is 2.89. The highest BCUT2D eigenvalue weighted by atomic mass is 79.9. The Labute approximate surface area is 126 Å². The van der Waals surface area contributed by atoms with Crippen LogP contribution in [0.5, 0.6) is 0 Å². The number of nitrogens with zero attached hydrogens (tertiary/aromatic N) is 1. The molecule has 2 aromatic carbocycles. The van der Waals surface area contributed by atoms with Crippen molar-refractivity contribution in [1.29, 1.82) is 5.26 Å². The van der Waals surface area contributed by atoms with E-state index in [0.29, 0.717) is 12.1 Å². The van der Waals surface area contributed by atoms with Crippen LogP contribution in [0.15, 0.2) is 59.1 Å². The summed E-state index contributed by atoms with van der Waals surface area (Å²) >= 11 is 3.37. The molecule has 0 spiro atoms. The maximum absolute atomic E-state index is 12.1. The van der Waals surface area contributed by atoms with Crippen molar-refractivity contribution in [2.75, 3.05) is 5.32 Å². The van der Waals surface area contributed by atoms with Crippen LogP contribution in [0.25, 0.3) is 0 Å². The van der Waals surface area contributed by atoms with E-state index in [1.165, 1.54) is 0 Å². The van der Waals surface area contributed by atoms with Gasteiger partial charge in [0, 0.05) is 4.47 Å². The largest absolute Gasteiger partial charge is 0.324 e. The SMILES string of the molecule is N#CC(Cc1ccccc1)C(=O)Nc1ccccc1Br. The average Bonchev–Trinajstić information content (AvgIpc) is 2.48. The smallest absolute Gasteiger partial charge is 0.242 e. The lowest BCUT2D eigenvalue weighted by atomic mass is 10.00. The minimum Gasteiger partial charge on any atom is -0.324 e. The van der Waals surface area contributed by atoms with Gasteiger partial charge in [-0.05, 0) is 40.0 Å². The summed E-state index contributed by atoms with van der Waals surface area (Å²) in [6, 6.07) is 18.9. The molecular formula is C16H13BrN2O. The van der Waals surface area contributed by atoms with Crippen molar-refractivity contribution in [3.05, 3.63) is 64.6 Å². The summed E-state index contributed by atoms with van der Waals surface area (Å²) in [5, 5.41) is 12.0. The van der Waals surface area contributed by atoms with E-state index in [1.807, 2.05) is 48.5 Å². The predicted molar refractivity (Wildman–Crippen MR) is 82.0 cm³/mol. The Morgan fingerprint density at radius 1 is 1.15 bits per heavy atom. The number of carbonyl (C=O) groups excluding carboxylic acids is 1. The van der Waals surface area contributed by atoms with Crippen molar-refractivity contribution in [2.45, 2.75) is 6.42 Å². The first-order valence-electron chi connectivity index (χ1n) is 6.19. The Morgan fingerprint density at radius 3 is 2.45 bits per heavy atom. The molecule has 0 aliphatic rings. The summed E-state index contributed by atoms with van der Waals surface area (Å²) in [7, 11) is 0. The zero-order chi connectivity index (χ0) is 14.4. The number of carbonyl (C=O) groups is 1. The second-order valence-electron chi connectivity index (χ2n) is 4.34. The molecule has 0 saturated heterocycles. The zero-order valence-corrected chi connectivity index (χ0v) is 12.3. The molecule has 20 heavy (non-hydrogen) atoms. The molecule has 1 N–H and O–H groups in total. The molecule has 1 amide bonds. The van der Waals surface area contributed by atoms with Crippen molar-refractivity contribution in [1.82, 2.24) is 0 Å². The minimum absolute atomic E-state index is 0.289. The van der Waals surface area contributed by atoms with E-state index in [2.05, 4.69) is 27.3 Å². The number of benzene rings is 2. The summed E-state index contributed by atoms with van der Waals surface area (Å²) < 4.78 is 0.796. The van der Waals surface area contributed by atoms with Crippen LogP contribution in [0, 0.1) is 17.2 Å². The van der Waals surface area contributed by atoms with E-state index in [0.717, 1.165) is 10.0 Å². The standard InChI is InChI=1S/C16H13BrN2O/c17-14-8-4-5-9-15(14)19-16(20)13(11-18)10-12-6-2-1-3-7-12/h1-9,13H,10H2,(H,19,20). The fourth-order valence-electron chi connectivity index (χ4n) is 1.83. The lowest BCUT2D eigenvalue weighted by Crippen LogP contribution is -2.23. The first-order chi connectivity index (χ1) is 9.70. The summed E-state index contributed by atoms with van der Waals surface area (Å²) in [6.07, 6.45) is 0.410. The van der Waals surface area contributed by atoms with Crippen molar-refractivity contribution >= 4 is 27.5 Å².